The Labute approximate surface area is 100 Å². The van der Waals surface area contributed by atoms with Gasteiger partial charge in [-0.15, -0.1) is 0 Å². The second kappa shape index (κ2) is 3.54. The van der Waals surface area contributed by atoms with Crippen LogP contribution in [0.5, 0.6) is 0 Å². The molecule has 1 aliphatic carbocycles. The van der Waals surface area contributed by atoms with E-state index in [0.29, 0.717) is 0 Å². The van der Waals surface area contributed by atoms with Crippen molar-refractivity contribution in [1.29, 1.82) is 0 Å². The van der Waals surface area contributed by atoms with E-state index < -0.39 is 11.6 Å². The summed E-state index contributed by atoms with van der Waals surface area (Å²) < 4.78 is 5.39. The number of hydrogen-bond donors (Lipinski definition) is 1. The fraction of sp³-hybridized carbons (Fsp3) is 0.889. The molecule has 1 spiro atoms. The minimum atomic E-state index is -0.868. The summed E-state index contributed by atoms with van der Waals surface area (Å²) in [4.78, 5) is 10.8. The molecule has 1 atom stereocenters. The summed E-state index contributed by atoms with van der Waals surface area (Å²) in [6.45, 7) is 1.70. The van der Waals surface area contributed by atoms with Gasteiger partial charge >= 0.3 is 35.5 Å². The van der Waals surface area contributed by atoms with Gasteiger partial charge in [-0.2, -0.15) is 0 Å². The Balaban J connectivity index is 0.000000845. The van der Waals surface area contributed by atoms with E-state index in [-0.39, 0.29) is 35.2 Å². The van der Waals surface area contributed by atoms with E-state index in [4.69, 9.17) is 9.84 Å². The third kappa shape index (κ3) is 1.56. The van der Waals surface area contributed by atoms with Crippen LogP contribution < -0.4 is 29.6 Å². The molecule has 3 nitrogen and oxygen atoms in total. The Morgan fingerprint density at radius 3 is 2.23 bits per heavy atom. The van der Waals surface area contributed by atoms with Crippen molar-refractivity contribution in [3.63, 3.8) is 0 Å². The van der Waals surface area contributed by atoms with Gasteiger partial charge in [-0.1, -0.05) is 19.3 Å². The van der Waals surface area contributed by atoms with Gasteiger partial charge in [-0.05, 0) is 19.8 Å². The van der Waals surface area contributed by atoms with E-state index in [9.17, 15) is 4.79 Å². The maximum Gasteiger partial charge on any atom is 1.00 e. The van der Waals surface area contributed by atoms with Crippen LogP contribution >= 0.6 is 0 Å². The molecule has 0 radical (unpaired) electrons. The second-order valence-corrected chi connectivity index (χ2v) is 4.00. The number of hydrogen-bond acceptors (Lipinski definition) is 2. The van der Waals surface area contributed by atoms with E-state index in [1.165, 1.54) is 6.42 Å². The predicted molar refractivity (Wildman–Crippen MR) is 42.9 cm³/mol. The zero-order valence-corrected chi connectivity index (χ0v) is 10.3. The minimum Gasteiger partial charge on any atom is -0.479 e. The van der Waals surface area contributed by atoms with Gasteiger partial charge in [0.1, 0.15) is 5.60 Å². The number of aliphatic carboxylic acids is 1. The molecule has 1 unspecified atom stereocenters. The monoisotopic (exact) mass is 193 g/mol. The average Bonchev–Trinajstić information content (AvgIpc) is 2.59. The van der Waals surface area contributed by atoms with Crippen molar-refractivity contribution < 1.29 is 44.2 Å². The van der Waals surface area contributed by atoms with Crippen molar-refractivity contribution in [2.24, 2.45) is 0 Å². The van der Waals surface area contributed by atoms with E-state index in [1.807, 2.05) is 0 Å². The van der Waals surface area contributed by atoms with Crippen LogP contribution in [0.25, 0.3) is 0 Å². The van der Waals surface area contributed by atoms with Crippen molar-refractivity contribution >= 4 is 5.97 Å². The van der Waals surface area contributed by atoms with Crippen molar-refractivity contribution in [3.05, 3.63) is 0 Å². The Hall–Kier alpha value is 0.430. The third-order valence-electron chi connectivity index (χ3n) is 3.30. The Bertz CT molecular complexity index is 223. The molecular weight excluding hydrogens is 179 g/mol. The number of carbonyl (C=O) groups is 1. The first kappa shape index (κ1) is 11.5. The Morgan fingerprint density at radius 2 is 1.85 bits per heavy atom. The molecule has 1 saturated heterocycles. The molecule has 0 aromatic heterocycles. The van der Waals surface area contributed by atoms with Crippen molar-refractivity contribution in [2.45, 2.75) is 50.2 Å². The van der Waals surface area contributed by atoms with E-state index in [2.05, 4.69) is 0 Å². The Morgan fingerprint density at radius 1 is 1.31 bits per heavy atom. The molecule has 0 aromatic carbocycles. The van der Waals surface area contributed by atoms with Crippen LogP contribution in [-0.2, 0) is 9.53 Å². The van der Waals surface area contributed by atoms with Gasteiger partial charge in [0.05, 0.1) is 0 Å². The van der Waals surface area contributed by atoms with Crippen LogP contribution in [0.15, 0.2) is 0 Å². The van der Waals surface area contributed by atoms with E-state index in [0.717, 1.165) is 25.7 Å². The zero-order chi connectivity index (χ0) is 8.82. The summed E-state index contributed by atoms with van der Waals surface area (Å²) in [7, 11) is 0. The SMILES string of the molecule is CC1(C(=O)O)OC12CCCCC2.[Na+]. The number of carboxylic acids is 1. The van der Waals surface area contributed by atoms with Crippen LogP contribution in [0.1, 0.15) is 39.0 Å². The molecule has 1 aliphatic heterocycles. The summed E-state index contributed by atoms with van der Waals surface area (Å²) in [5.74, 6) is -0.801. The fourth-order valence-corrected chi connectivity index (χ4v) is 2.31. The minimum absolute atomic E-state index is 0. The first-order chi connectivity index (χ1) is 5.61. The van der Waals surface area contributed by atoms with E-state index >= 15 is 0 Å². The van der Waals surface area contributed by atoms with Crippen LogP contribution in [0.2, 0.25) is 0 Å². The van der Waals surface area contributed by atoms with Crippen molar-refractivity contribution in [3.8, 4) is 0 Å². The summed E-state index contributed by atoms with van der Waals surface area (Å²) in [5, 5.41) is 8.90. The quantitative estimate of drug-likeness (QED) is 0.410. The molecule has 1 N–H and O–H groups in total. The maximum absolute atomic E-state index is 10.8. The molecule has 2 aliphatic rings. The normalized spacial score (nSPS) is 35.2. The standard InChI is InChI=1S/C9H14O3.Na/c1-8(7(10)11)9(12-8)5-3-2-4-6-9;/h2-6H2,1H3,(H,10,11);/q;+1. The summed E-state index contributed by atoms with van der Waals surface area (Å²) in [5.41, 5.74) is -1.16. The fourth-order valence-electron chi connectivity index (χ4n) is 2.31. The molecule has 4 heteroatoms. The largest absolute Gasteiger partial charge is 1.00 e. The molecule has 2 rings (SSSR count). The molecule has 1 heterocycles. The van der Waals surface area contributed by atoms with Crippen molar-refractivity contribution in [1.82, 2.24) is 0 Å². The van der Waals surface area contributed by atoms with Gasteiger partial charge < -0.3 is 9.84 Å². The second-order valence-electron chi connectivity index (χ2n) is 4.00. The molecule has 0 aromatic rings. The number of rotatable bonds is 1. The molecule has 0 amide bonds. The van der Waals surface area contributed by atoms with Gasteiger partial charge in [-0.3, -0.25) is 0 Å². The topological polar surface area (TPSA) is 49.8 Å². The van der Waals surface area contributed by atoms with Crippen LogP contribution in [0.3, 0.4) is 0 Å². The summed E-state index contributed by atoms with van der Waals surface area (Å²) in [6, 6.07) is 0. The van der Waals surface area contributed by atoms with E-state index in [1.54, 1.807) is 6.92 Å². The number of epoxide rings is 1. The van der Waals surface area contributed by atoms with Gasteiger partial charge in [0, 0.05) is 0 Å². The van der Waals surface area contributed by atoms with Crippen LogP contribution in [0.4, 0.5) is 0 Å². The molecule has 13 heavy (non-hydrogen) atoms. The van der Waals surface area contributed by atoms with Gasteiger partial charge in [0.25, 0.3) is 0 Å². The van der Waals surface area contributed by atoms with Gasteiger partial charge in [0.2, 0.25) is 0 Å². The van der Waals surface area contributed by atoms with Crippen molar-refractivity contribution in [2.75, 3.05) is 0 Å². The predicted octanol–water partition coefficient (Wildman–Crippen LogP) is -1.43. The summed E-state index contributed by atoms with van der Waals surface area (Å²) in [6.07, 6.45) is 5.30. The molecule has 2 fully saturated rings. The molecular formula is C9H14NaO3+. The van der Waals surface area contributed by atoms with Gasteiger partial charge in [-0.25, -0.2) is 4.79 Å². The molecule has 68 valence electrons. The van der Waals surface area contributed by atoms with Crippen LogP contribution in [0, 0.1) is 0 Å². The first-order valence-electron chi connectivity index (χ1n) is 4.54. The first-order valence-corrected chi connectivity index (χ1v) is 4.54. The molecule has 0 bridgehead atoms. The zero-order valence-electron chi connectivity index (χ0n) is 8.30. The number of carboxylic acid groups (broad SMARTS) is 1. The maximum atomic E-state index is 10.8. The third-order valence-corrected chi connectivity index (χ3v) is 3.30. The summed E-state index contributed by atoms with van der Waals surface area (Å²) >= 11 is 0. The average molecular weight is 193 g/mol. The van der Waals surface area contributed by atoms with Crippen LogP contribution in [-0.4, -0.2) is 22.3 Å². The molecule has 1 saturated carbocycles. The smallest absolute Gasteiger partial charge is 0.479 e. The number of ether oxygens (including phenoxy) is 1. The Kier molecular flexibility index (Phi) is 3.13. The van der Waals surface area contributed by atoms with Gasteiger partial charge in [0.15, 0.2) is 5.60 Å².